The third kappa shape index (κ3) is 2.00. The van der Waals surface area contributed by atoms with E-state index in [9.17, 15) is 0 Å². The molecule has 0 atom stereocenters. The van der Waals surface area contributed by atoms with Crippen molar-refractivity contribution in [1.82, 2.24) is 20.6 Å². The molecule has 7 heteroatoms. The monoisotopic (exact) mass is 248 g/mol. The zero-order valence-corrected chi connectivity index (χ0v) is 9.52. The van der Waals surface area contributed by atoms with Gasteiger partial charge in [-0.05, 0) is 23.8 Å². The lowest BCUT2D eigenvalue weighted by molar-refractivity contribution is 0.722. The van der Waals surface area contributed by atoms with Crippen molar-refractivity contribution in [1.29, 1.82) is 0 Å². The highest BCUT2D eigenvalue weighted by atomic mass is 35.5. The lowest BCUT2D eigenvalue weighted by Crippen LogP contribution is -2.37. The van der Waals surface area contributed by atoms with Crippen molar-refractivity contribution < 1.29 is 0 Å². The molecule has 0 aromatic carbocycles. The van der Waals surface area contributed by atoms with Crippen LogP contribution in [0.15, 0.2) is 30.6 Å². The van der Waals surface area contributed by atoms with Gasteiger partial charge < -0.3 is 0 Å². The first kappa shape index (κ1) is 10.2. The van der Waals surface area contributed by atoms with Gasteiger partial charge in [0.25, 0.3) is 0 Å². The van der Waals surface area contributed by atoms with Crippen molar-refractivity contribution in [2.24, 2.45) is 0 Å². The van der Waals surface area contributed by atoms with Gasteiger partial charge >= 0.3 is 0 Å². The van der Waals surface area contributed by atoms with E-state index in [1.165, 1.54) is 0 Å². The van der Waals surface area contributed by atoms with Crippen molar-refractivity contribution in [3.63, 3.8) is 0 Å². The van der Waals surface area contributed by atoms with Gasteiger partial charge in [0.1, 0.15) is 5.15 Å². The lowest BCUT2D eigenvalue weighted by atomic mass is 10.2. The largest absolute Gasteiger partial charge is 0.265 e. The number of halogens is 1. The van der Waals surface area contributed by atoms with Crippen molar-refractivity contribution >= 4 is 23.1 Å². The van der Waals surface area contributed by atoms with Crippen LogP contribution in [0.25, 0.3) is 0 Å². The molecule has 1 aliphatic heterocycles. The minimum Gasteiger partial charge on any atom is -0.265 e. The summed E-state index contributed by atoms with van der Waals surface area (Å²) < 4.78 is 0. The van der Waals surface area contributed by atoms with Gasteiger partial charge in [-0.1, -0.05) is 11.6 Å². The SMILES string of the molecule is Clc1cc2c(cn1)N(Nc1cccnn1)NC2. The number of nitrogens with zero attached hydrogens (tertiary/aromatic N) is 4. The van der Waals surface area contributed by atoms with Gasteiger partial charge in [0.15, 0.2) is 5.82 Å². The molecule has 6 nitrogen and oxygen atoms in total. The summed E-state index contributed by atoms with van der Waals surface area (Å²) in [7, 11) is 0. The summed E-state index contributed by atoms with van der Waals surface area (Å²) in [5, 5.41) is 9.98. The van der Waals surface area contributed by atoms with Crippen LogP contribution in [0.5, 0.6) is 0 Å². The third-order valence-electron chi connectivity index (χ3n) is 2.40. The Morgan fingerprint density at radius 2 is 2.41 bits per heavy atom. The predicted molar refractivity (Wildman–Crippen MR) is 64.2 cm³/mol. The minimum absolute atomic E-state index is 0.493. The number of hydrazine groups is 2. The van der Waals surface area contributed by atoms with E-state index >= 15 is 0 Å². The fraction of sp³-hybridized carbons (Fsp3) is 0.100. The zero-order valence-electron chi connectivity index (χ0n) is 8.76. The van der Waals surface area contributed by atoms with Crippen LogP contribution < -0.4 is 16.0 Å². The van der Waals surface area contributed by atoms with Crippen LogP contribution in [0.1, 0.15) is 5.56 Å². The van der Waals surface area contributed by atoms with Crippen molar-refractivity contribution in [2.75, 3.05) is 10.5 Å². The van der Waals surface area contributed by atoms with E-state index in [4.69, 9.17) is 11.6 Å². The van der Waals surface area contributed by atoms with Gasteiger partial charge in [0.05, 0.1) is 11.9 Å². The maximum absolute atomic E-state index is 5.83. The van der Waals surface area contributed by atoms with E-state index < -0.39 is 0 Å². The summed E-state index contributed by atoms with van der Waals surface area (Å²) in [6.45, 7) is 0.699. The van der Waals surface area contributed by atoms with Crippen LogP contribution in [0.3, 0.4) is 0 Å². The number of pyridine rings is 1. The second-order valence-corrected chi connectivity index (χ2v) is 3.91. The van der Waals surface area contributed by atoms with E-state index in [1.807, 2.05) is 18.2 Å². The van der Waals surface area contributed by atoms with Crippen LogP contribution in [0.2, 0.25) is 5.15 Å². The Hall–Kier alpha value is -1.92. The molecule has 17 heavy (non-hydrogen) atoms. The van der Waals surface area contributed by atoms with E-state index in [0.717, 1.165) is 11.3 Å². The maximum atomic E-state index is 5.83. The van der Waals surface area contributed by atoms with Crippen molar-refractivity contribution in [3.05, 3.63) is 41.3 Å². The molecule has 0 unspecified atom stereocenters. The standard InChI is InChI=1S/C10H9ClN6/c11-9-4-7-5-14-17(8(7)6-12-9)16-10-2-1-3-13-15-10/h1-4,6,14H,5H2,(H,15,16). The van der Waals surface area contributed by atoms with Crippen LogP contribution >= 0.6 is 11.6 Å². The average Bonchev–Trinajstić information content (AvgIpc) is 2.73. The first-order valence-corrected chi connectivity index (χ1v) is 5.43. The van der Waals surface area contributed by atoms with E-state index in [0.29, 0.717) is 17.5 Å². The molecule has 2 aromatic rings. The summed E-state index contributed by atoms with van der Waals surface area (Å²) in [4.78, 5) is 4.05. The number of hydrogen-bond acceptors (Lipinski definition) is 6. The molecule has 86 valence electrons. The summed E-state index contributed by atoms with van der Waals surface area (Å²) in [6, 6.07) is 5.48. The van der Waals surface area contributed by atoms with E-state index in [2.05, 4.69) is 26.0 Å². The number of anilines is 2. The highest BCUT2D eigenvalue weighted by molar-refractivity contribution is 6.29. The molecule has 0 saturated carbocycles. The summed E-state index contributed by atoms with van der Waals surface area (Å²) in [5.74, 6) is 0.655. The lowest BCUT2D eigenvalue weighted by Gasteiger charge is -2.19. The minimum atomic E-state index is 0.493. The Balaban J connectivity index is 1.85. The molecule has 0 radical (unpaired) electrons. The van der Waals surface area contributed by atoms with Crippen LogP contribution in [-0.2, 0) is 6.54 Å². The Labute approximate surface area is 103 Å². The highest BCUT2D eigenvalue weighted by Crippen LogP contribution is 2.25. The summed E-state index contributed by atoms with van der Waals surface area (Å²) in [6.07, 6.45) is 3.33. The van der Waals surface area contributed by atoms with Crippen molar-refractivity contribution in [3.8, 4) is 0 Å². The van der Waals surface area contributed by atoms with Gasteiger partial charge in [0.2, 0.25) is 0 Å². The molecule has 0 amide bonds. The molecule has 2 aromatic heterocycles. The number of hydrogen-bond donors (Lipinski definition) is 2. The molecule has 0 bridgehead atoms. The van der Waals surface area contributed by atoms with Gasteiger partial charge in [-0.2, -0.15) is 5.10 Å². The number of nitrogens with one attached hydrogen (secondary N) is 2. The fourth-order valence-corrected chi connectivity index (χ4v) is 1.81. The molecule has 3 rings (SSSR count). The number of rotatable bonds is 2. The third-order valence-corrected chi connectivity index (χ3v) is 2.61. The van der Waals surface area contributed by atoms with Crippen LogP contribution in [0, 0.1) is 0 Å². The molecule has 2 N–H and O–H groups in total. The highest BCUT2D eigenvalue weighted by Gasteiger charge is 2.19. The quantitative estimate of drug-likeness (QED) is 0.783. The molecule has 0 aliphatic carbocycles. The van der Waals surface area contributed by atoms with Crippen LogP contribution in [0.4, 0.5) is 11.5 Å². The van der Waals surface area contributed by atoms with Gasteiger partial charge in [-0.15, -0.1) is 5.10 Å². The Bertz CT molecular complexity index is 532. The van der Waals surface area contributed by atoms with Gasteiger partial charge in [-0.3, -0.25) is 5.43 Å². The molecular weight excluding hydrogens is 240 g/mol. The molecule has 3 heterocycles. The summed E-state index contributed by atoms with van der Waals surface area (Å²) >= 11 is 5.83. The Kier molecular flexibility index (Phi) is 2.50. The van der Waals surface area contributed by atoms with E-state index in [1.54, 1.807) is 17.5 Å². The second kappa shape index (κ2) is 4.15. The second-order valence-electron chi connectivity index (χ2n) is 3.53. The normalized spacial score (nSPS) is 13.6. The topological polar surface area (TPSA) is 66.0 Å². The number of fused-ring (bicyclic) bond motifs is 1. The maximum Gasteiger partial charge on any atom is 0.168 e. The molecule has 0 fully saturated rings. The predicted octanol–water partition coefficient (Wildman–Crippen LogP) is 1.38. The summed E-state index contributed by atoms with van der Waals surface area (Å²) in [5.41, 5.74) is 8.25. The first-order chi connectivity index (χ1) is 8.33. The van der Waals surface area contributed by atoms with Gasteiger partial charge in [0, 0.05) is 12.7 Å². The van der Waals surface area contributed by atoms with Gasteiger partial charge in [-0.25, -0.2) is 15.5 Å². The number of aromatic nitrogens is 3. The molecule has 0 spiro atoms. The smallest absolute Gasteiger partial charge is 0.168 e. The molecule has 1 aliphatic rings. The fourth-order valence-electron chi connectivity index (χ4n) is 1.63. The Morgan fingerprint density at radius 3 is 3.24 bits per heavy atom. The van der Waals surface area contributed by atoms with E-state index in [-0.39, 0.29) is 0 Å². The van der Waals surface area contributed by atoms with Crippen molar-refractivity contribution in [2.45, 2.75) is 6.54 Å². The average molecular weight is 249 g/mol. The zero-order chi connectivity index (χ0) is 11.7. The Morgan fingerprint density at radius 1 is 1.47 bits per heavy atom. The first-order valence-electron chi connectivity index (χ1n) is 5.05. The molecular formula is C10H9ClN6. The molecule has 0 saturated heterocycles. The van der Waals surface area contributed by atoms with Crippen LogP contribution in [-0.4, -0.2) is 15.2 Å².